The van der Waals surface area contributed by atoms with E-state index in [1.165, 1.54) is 24.3 Å². The number of anilines is 1. The Hall–Kier alpha value is -2.78. The van der Waals surface area contributed by atoms with Crippen molar-refractivity contribution in [2.24, 2.45) is 0 Å². The molecule has 0 saturated heterocycles. The number of carbonyl (C=O) groups is 3. The van der Waals surface area contributed by atoms with Crippen molar-refractivity contribution in [3.63, 3.8) is 0 Å². The summed E-state index contributed by atoms with van der Waals surface area (Å²) >= 11 is 0. The molecule has 0 radical (unpaired) electrons. The van der Waals surface area contributed by atoms with Gasteiger partial charge in [0.25, 0.3) is 5.91 Å². The number of ether oxygens (including phenoxy) is 2. The monoisotopic (exact) mass is 362 g/mol. The lowest BCUT2D eigenvalue weighted by Gasteiger charge is -2.15. The number of rotatable bonds is 6. The minimum Gasteiger partial charge on any atom is -0.450 e. The van der Waals surface area contributed by atoms with Crippen molar-refractivity contribution in [3.8, 4) is 0 Å². The molecule has 1 rings (SSSR count). The molecule has 0 aliphatic rings. The van der Waals surface area contributed by atoms with Gasteiger partial charge in [0.05, 0.1) is 12.2 Å². The second-order valence-electron chi connectivity index (χ2n) is 4.81. The van der Waals surface area contributed by atoms with Crippen molar-refractivity contribution >= 4 is 23.7 Å². The molecule has 0 spiro atoms. The normalized spacial score (nSPS) is 12.0. The molecule has 1 aromatic carbocycles. The molecular weight excluding hydrogens is 345 g/mol. The first kappa shape index (κ1) is 20.3. The number of amides is 2. The second kappa shape index (κ2) is 8.90. The molecule has 0 fully saturated rings. The number of hydrogen-bond donors (Lipinski definition) is 2. The topological polar surface area (TPSA) is 93.7 Å². The Kier molecular flexibility index (Phi) is 7.22. The highest BCUT2D eigenvalue weighted by Gasteiger charge is 2.29. The summed E-state index contributed by atoms with van der Waals surface area (Å²) in [6.45, 7) is 1.41. The first-order valence-electron chi connectivity index (χ1n) is 7.21. The van der Waals surface area contributed by atoms with Crippen LogP contribution in [0.5, 0.6) is 0 Å². The van der Waals surface area contributed by atoms with E-state index in [1.54, 1.807) is 12.2 Å². The third-order valence-electron chi connectivity index (χ3n) is 2.74. The van der Waals surface area contributed by atoms with Crippen LogP contribution in [-0.4, -0.2) is 43.4 Å². The van der Waals surface area contributed by atoms with E-state index in [0.29, 0.717) is 0 Å². The van der Waals surface area contributed by atoms with Crippen molar-refractivity contribution in [1.82, 2.24) is 5.32 Å². The zero-order valence-corrected chi connectivity index (χ0v) is 13.5. The fourth-order valence-corrected chi connectivity index (χ4v) is 1.62. The SMILES string of the molecule is CCOC(=O)Nc1cccc(C(=O)OC(C)C(=O)NCC(F)(F)F)c1. The molecule has 0 bridgehead atoms. The van der Waals surface area contributed by atoms with Crippen molar-refractivity contribution in [2.45, 2.75) is 26.1 Å². The Morgan fingerprint density at radius 1 is 1.24 bits per heavy atom. The average molecular weight is 362 g/mol. The predicted molar refractivity (Wildman–Crippen MR) is 81.0 cm³/mol. The van der Waals surface area contributed by atoms with Crippen LogP contribution in [0.4, 0.5) is 23.7 Å². The Balaban J connectivity index is 2.64. The number of nitrogens with one attached hydrogen (secondary N) is 2. The number of carbonyl (C=O) groups excluding carboxylic acids is 3. The number of hydrogen-bond acceptors (Lipinski definition) is 5. The highest BCUT2D eigenvalue weighted by Crippen LogP contribution is 2.14. The van der Waals surface area contributed by atoms with Crippen LogP contribution in [0.2, 0.25) is 0 Å². The first-order chi connectivity index (χ1) is 11.6. The molecule has 2 amide bonds. The summed E-state index contributed by atoms with van der Waals surface area (Å²) in [5.41, 5.74) is 0.256. The molecule has 7 nitrogen and oxygen atoms in total. The maximum Gasteiger partial charge on any atom is 0.411 e. The van der Waals surface area contributed by atoms with E-state index >= 15 is 0 Å². The Morgan fingerprint density at radius 2 is 1.92 bits per heavy atom. The highest BCUT2D eigenvalue weighted by molar-refractivity contribution is 5.94. The minimum atomic E-state index is -4.56. The van der Waals surface area contributed by atoms with Crippen molar-refractivity contribution in [1.29, 1.82) is 0 Å². The number of benzene rings is 1. The number of alkyl halides is 3. The van der Waals surface area contributed by atoms with Crippen LogP contribution < -0.4 is 10.6 Å². The molecule has 2 N–H and O–H groups in total. The molecule has 138 valence electrons. The van der Waals surface area contributed by atoms with Gasteiger partial charge in [-0.3, -0.25) is 10.1 Å². The van der Waals surface area contributed by atoms with Gasteiger partial charge in [-0.2, -0.15) is 13.2 Å². The van der Waals surface area contributed by atoms with E-state index in [4.69, 9.17) is 4.74 Å². The second-order valence-corrected chi connectivity index (χ2v) is 4.81. The summed E-state index contributed by atoms with van der Waals surface area (Å²) in [4.78, 5) is 34.8. The molecule has 0 saturated carbocycles. The van der Waals surface area contributed by atoms with Gasteiger partial charge in [0.1, 0.15) is 6.54 Å². The lowest BCUT2D eigenvalue weighted by atomic mass is 10.2. The molecule has 0 heterocycles. The van der Waals surface area contributed by atoms with Gasteiger partial charge in [0.15, 0.2) is 6.10 Å². The summed E-state index contributed by atoms with van der Waals surface area (Å²) in [6.07, 6.45) is -6.70. The van der Waals surface area contributed by atoms with Gasteiger partial charge in [-0.1, -0.05) is 6.07 Å². The van der Waals surface area contributed by atoms with E-state index in [0.717, 1.165) is 6.92 Å². The van der Waals surface area contributed by atoms with Gasteiger partial charge >= 0.3 is 18.2 Å². The van der Waals surface area contributed by atoms with Crippen molar-refractivity contribution in [3.05, 3.63) is 29.8 Å². The van der Waals surface area contributed by atoms with E-state index < -0.39 is 36.8 Å². The fraction of sp³-hybridized carbons (Fsp3) is 0.400. The number of esters is 1. The zero-order valence-electron chi connectivity index (χ0n) is 13.5. The summed E-state index contributed by atoms with van der Waals surface area (Å²) in [7, 11) is 0. The molecule has 1 aromatic rings. The molecule has 25 heavy (non-hydrogen) atoms. The van der Waals surface area contributed by atoms with E-state index in [9.17, 15) is 27.6 Å². The van der Waals surface area contributed by atoms with Crippen LogP contribution in [0.25, 0.3) is 0 Å². The number of halogens is 3. The van der Waals surface area contributed by atoms with Gasteiger partial charge in [0, 0.05) is 5.69 Å². The quantitative estimate of drug-likeness (QED) is 0.759. The molecule has 0 aliphatic carbocycles. The Labute approximate surface area is 141 Å². The van der Waals surface area contributed by atoms with E-state index in [1.807, 2.05) is 0 Å². The van der Waals surface area contributed by atoms with Gasteiger partial charge in [-0.15, -0.1) is 0 Å². The molecule has 1 unspecified atom stereocenters. The van der Waals surface area contributed by atoms with Crippen LogP contribution in [-0.2, 0) is 14.3 Å². The predicted octanol–water partition coefficient (Wildman–Crippen LogP) is 2.48. The van der Waals surface area contributed by atoms with Gasteiger partial charge in [0.2, 0.25) is 0 Å². The van der Waals surface area contributed by atoms with Crippen LogP contribution in [0, 0.1) is 0 Å². The summed E-state index contributed by atoms with van der Waals surface area (Å²) in [5.74, 6) is -2.01. The lowest BCUT2D eigenvalue weighted by Crippen LogP contribution is -2.40. The smallest absolute Gasteiger partial charge is 0.411 e. The molecule has 0 aliphatic heterocycles. The van der Waals surface area contributed by atoms with Gasteiger partial charge in [-0.05, 0) is 32.0 Å². The minimum absolute atomic E-state index is 0.00442. The van der Waals surface area contributed by atoms with Crippen LogP contribution >= 0.6 is 0 Å². The van der Waals surface area contributed by atoms with Crippen LogP contribution in [0.3, 0.4) is 0 Å². The summed E-state index contributed by atoms with van der Waals surface area (Å²) in [5, 5.41) is 3.99. The van der Waals surface area contributed by atoms with E-state index in [-0.39, 0.29) is 17.9 Å². The lowest BCUT2D eigenvalue weighted by molar-refractivity contribution is -0.143. The van der Waals surface area contributed by atoms with E-state index in [2.05, 4.69) is 10.1 Å². The van der Waals surface area contributed by atoms with Crippen molar-refractivity contribution < 1.29 is 37.0 Å². The standard InChI is InChI=1S/C15H17F3N2O5/c1-3-24-14(23)20-11-6-4-5-10(7-11)13(22)25-9(2)12(21)19-8-15(16,17)18/h4-7,9H,3,8H2,1-2H3,(H,19,21)(H,20,23). The maximum absolute atomic E-state index is 12.0. The third-order valence-corrected chi connectivity index (χ3v) is 2.74. The molecule has 0 aromatic heterocycles. The van der Waals surface area contributed by atoms with Gasteiger partial charge in [-0.25, -0.2) is 9.59 Å². The van der Waals surface area contributed by atoms with Crippen LogP contribution in [0.15, 0.2) is 24.3 Å². The van der Waals surface area contributed by atoms with Crippen LogP contribution in [0.1, 0.15) is 24.2 Å². The summed E-state index contributed by atoms with van der Waals surface area (Å²) < 4.78 is 45.6. The zero-order chi connectivity index (χ0) is 19.0. The molecule has 10 heteroatoms. The third kappa shape index (κ3) is 7.55. The maximum atomic E-state index is 12.0. The van der Waals surface area contributed by atoms with Crippen molar-refractivity contribution in [2.75, 3.05) is 18.5 Å². The molecule has 1 atom stereocenters. The molecular formula is C15H17F3N2O5. The van der Waals surface area contributed by atoms with Gasteiger partial charge < -0.3 is 14.8 Å². The largest absolute Gasteiger partial charge is 0.450 e. The first-order valence-corrected chi connectivity index (χ1v) is 7.21. The average Bonchev–Trinajstić information content (AvgIpc) is 2.52. The summed E-state index contributed by atoms with van der Waals surface area (Å²) in [6, 6.07) is 5.58. The Morgan fingerprint density at radius 3 is 2.52 bits per heavy atom. The highest BCUT2D eigenvalue weighted by atomic mass is 19.4. The Bertz CT molecular complexity index is 634. The fourth-order valence-electron chi connectivity index (χ4n) is 1.62.